The minimum atomic E-state index is -0.409. The van der Waals surface area contributed by atoms with Gasteiger partial charge < -0.3 is 9.64 Å². The summed E-state index contributed by atoms with van der Waals surface area (Å²) in [6.07, 6.45) is 0. The van der Waals surface area contributed by atoms with Crippen LogP contribution in [0.4, 0.5) is 4.39 Å². The van der Waals surface area contributed by atoms with Crippen LogP contribution >= 0.6 is 11.6 Å². The molecule has 0 fully saturated rings. The van der Waals surface area contributed by atoms with Gasteiger partial charge in [-0.3, -0.25) is 4.79 Å². The van der Waals surface area contributed by atoms with Crippen molar-refractivity contribution in [2.45, 2.75) is 19.9 Å². The molecule has 19 heavy (non-hydrogen) atoms. The summed E-state index contributed by atoms with van der Waals surface area (Å²) >= 11 is 5.51. The molecule has 1 amide bonds. The van der Waals surface area contributed by atoms with Gasteiger partial charge in [0.1, 0.15) is 5.82 Å². The molecule has 0 unspecified atom stereocenters. The second kappa shape index (κ2) is 8.12. The zero-order valence-electron chi connectivity index (χ0n) is 11.2. The van der Waals surface area contributed by atoms with E-state index in [1.54, 1.807) is 11.0 Å². The molecule has 0 N–H and O–H groups in total. The van der Waals surface area contributed by atoms with Gasteiger partial charge in [0.15, 0.2) is 0 Å². The number of carbonyl (C=O) groups excluding carboxylic acids is 1. The van der Waals surface area contributed by atoms with Gasteiger partial charge in [-0.1, -0.05) is 6.07 Å². The van der Waals surface area contributed by atoms with Gasteiger partial charge in [-0.25, -0.2) is 4.39 Å². The Balaban J connectivity index is 2.67. The number of ether oxygens (including phenoxy) is 1. The summed E-state index contributed by atoms with van der Waals surface area (Å²) in [4.78, 5) is 13.9. The second-order valence-corrected chi connectivity index (χ2v) is 4.78. The summed E-state index contributed by atoms with van der Waals surface area (Å²) in [6.45, 7) is 5.18. The average molecular weight is 288 g/mol. The quantitative estimate of drug-likeness (QED) is 0.570. The zero-order valence-corrected chi connectivity index (χ0v) is 12.0. The molecular formula is C14H19ClFNO2. The summed E-state index contributed by atoms with van der Waals surface area (Å²) in [6, 6.07) is 5.73. The van der Waals surface area contributed by atoms with Gasteiger partial charge in [-0.05, 0) is 32.0 Å². The fraction of sp³-hybridized carbons (Fsp3) is 0.500. The highest BCUT2D eigenvalue weighted by atomic mass is 35.5. The lowest BCUT2D eigenvalue weighted by Gasteiger charge is -2.26. The molecule has 1 aromatic carbocycles. The first kappa shape index (κ1) is 15.9. The number of carbonyl (C=O) groups is 1. The lowest BCUT2D eigenvalue weighted by atomic mass is 10.1. The Bertz CT molecular complexity index is 412. The molecule has 0 aliphatic heterocycles. The highest BCUT2D eigenvalue weighted by molar-refractivity contribution is 6.17. The van der Waals surface area contributed by atoms with Gasteiger partial charge >= 0.3 is 0 Å². The van der Waals surface area contributed by atoms with E-state index >= 15 is 0 Å². The molecule has 0 saturated carbocycles. The Morgan fingerprint density at radius 3 is 2.74 bits per heavy atom. The first-order chi connectivity index (χ1) is 9.06. The summed E-state index contributed by atoms with van der Waals surface area (Å²) in [5, 5.41) is 0. The fourth-order valence-electron chi connectivity index (χ4n) is 1.70. The Kier molecular flexibility index (Phi) is 6.81. The van der Waals surface area contributed by atoms with Crippen molar-refractivity contribution in [3.8, 4) is 0 Å². The number of amides is 1. The van der Waals surface area contributed by atoms with Crippen LogP contribution in [0.15, 0.2) is 24.3 Å². The monoisotopic (exact) mass is 287 g/mol. The molecule has 0 bridgehead atoms. The zero-order chi connectivity index (χ0) is 14.3. The molecule has 1 rings (SSSR count). The highest BCUT2D eigenvalue weighted by Gasteiger charge is 2.18. The van der Waals surface area contributed by atoms with Crippen LogP contribution in [0.25, 0.3) is 0 Å². The third-order valence-corrected chi connectivity index (χ3v) is 2.81. The Hall–Kier alpha value is -1.13. The smallest absolute Gasteiger partial charge is 0.254 e. The van der Waals surface area contributed by atoms with Crippen molar-refractivity contribution in [3.05, 3.63) is 35.6 Å². The molecule has 1 aromatic rings. The first-order valence-corrected chi connectivity index (χ1v) is 6.80. The van der Waals surface area contributed by atoms with Crippen molar-refractivity contribution in [3.63, 3.8) is 0 Å². The van der Waals surface area contributed by atoms with E-state index in [0.717, 1.165) is 0 Å². The van der Waals surface area contributed by atoms with E-state index in [1.807, 2.05) is 13.8 Å². The van der Waals surface area contributed by atoms with Crippen LogP contribution in [0.5, 0.6) is 0 Å². The Labute approximate surface area is 118 Å². The van der Waals surface area contributed by atoms with Gasteiger partial charge in [-0.15, -0.1) is 11.6 Å². The summed E-state index contributed by atoms with van der Waals surface area (Å²) in [5.74, 6) is -0.170. The predicted molar refractivity (Wildman–Crippen MR) is 74.1 cm³/mol. The van der Waals surface area contributed by atoms with Gasteiger partial charge in [0.2, 0.25) is 0 Å². The van der Waals surface area contributed by atoms with Gasteiger partial charge in [0, 0.05) is 24.0 Å². The topological polar surface area (TPSA) is 29.5 Å². The number of hydrogen-bond acceptors (Lipinski definition) is 2. The normalized spacial score (nSPS) is 10.8. The lowest BCUT2D eigenvalue weighted by molar-refractivity contribution is 0.0595. The van der Waals surface area contributed by atoms with Crippen LogP contribution in [0.2, 0.25) is 0 Å². The lowest BCUT2D eigenvalue weighted by Crippen LogP contribution is -2.39. The van der Waals surface area contributed by atoms with Crippen LogP contribution in [0, 0.1) is 5.82 Å². The van der Waals surface area contributed by atoms with Crippen LogP contribution in [0.1, 0.15) is 24.2 Å². The van der Waals surface area contributed by atoms with Crippen molar-refractivity contribution in [1.82, 2.24) is 4.90 Å². The SMILES string of the molecule is CC(C)N(CCOCCCl)C(=O)c1cccc(F)c1. The predicted octanol–water partition coefficient (Wildman–Crippen LogP) is 2.93. The third kappa shape index (κ3) is 5.17. The number of rotatable bonds is 7. The number of halogens is 2. The maximum Gasteiger partial charge on any atom is 0.254 e. The maximum atomic E-state index is 13.1. The van der Waals surface area contributed by atoms with Crippen LogP contribution < -0.4 is 0 Å². The minimum absolute atomic E-state index is 0.0235. The van der Waals surface area contributed by atoms with Crippen molar-refractivity contribution in [1.29, 1.82) is 0 Å². The van der Waals surface area contributed by atoms with Gasteiger partial charge in [0.25, 0.3) is 5.91 Å². The van der Waals surface area contributed by atoms with E-state index in [9.17, 15) is 9.18 Å². The molecule has 0 aliphatic carbocycles. The number of benzene rings is 1. The van der Waals surface area contributed by atoms with Crippen LogP contribution in [-0.4, -0.2) is 42.5 Å². The molecule has 3 nitrogen and oxygen atoms in total. The van der Waals surface area contributed by atoms with Crippen LogP contribution in [-0.2, 0) is 4.74 Å². The Morgan fingerprint density at radius 2 is 2.16 bits per heavy atom. The van der Waals surface area contributed by atoms with Crippen molar-refractivity contribution in [2.75, 3.05) is 25.6 Å². The minimum Gasteiger partial charge on any atom is -0.378 e. The van der Waals surface area contributed by atoms with Crippen molar-refractivity contribution in [2.24, 2.45) is 0 Å². The largest absolute Gasteiger partial charge is 0.378 e. The Morgan fingerprint density at radius 1 is 1.42 bits per heavy atom. The standard InChI is InChI=1S/C14H19ClFNO2/c1-11(2)17(7-9-19-8-6-15)14(18)12-4-3-5-13(16)10-12/h3-5,10-11H,6-9H2,1-2H3. The highest BCUT2D eigenvalue weighted by Crippen LogP contribution is 2.10. The van der Waals surface area contributed by atoms with Gasteiger partial charge in [-0.2, -0.15) is 0 Å². The molecule has 0 aliphatic rings. The number of nitrogens with zero attached hydrogens (tertiary/aromatic N) is 1. The second-order valence-electron chi connectivity index (χ2n) is 4.40. The molecular weight excluding hydrogens is 269 g/mol. The fourth-order valence-corrected chi connectivity index (χ4v) is 1.81. The third-order valence-electron chi connectivity index (χ3n) is 2.65. The van der Waals surface area contributed by atoms with E-state index in [2.05, 4.69) is 0 Å². The molecule has 0 heterocycles. The van der Waals surface area contributed by atoms with E-state index < -0.39 is 5.82 Å². The maximum absolute atomic E-state index is 13.1. The first-order valence-electron chi connectivity index (χ1n) is 6.26. The molecule has 0 aromatic heterocycles. The van der Waals surface area contributed by atoms with E-state index in [0.29, 0.717) is 31.2 Å². The van der Waals surface area contributed by atoms with Crippen molar-refractivity contribution < 1.29 is 13.9 Å². The summed E-state index contributed by atoms with van der Waals surface area (Å²) in [5.41, 5.74) is 0.353. The molecule has 106 valence electrons. The van der Waals surface area contributed by atoms with Crippen LogP contribution in [0.3, 0.4) is 0 Å². The number of alkyl halides is 1. The van der Waals surface area contributed by atoms with E-state index in [4.69, 9.17) is 16.3 Å². The summed E-state index contributed by atoms with van der Waals surface area (Å²) in [7, 11) is 0. The molecule has 0 spiro atoms. The number of hydrogen-bond donors (Lipinski definition) is 0. The summed E-state index contributed by atoms with van der Waals surface area (Å²) < 4.78 is 18.4. The van der Waals surface area contributed by atoms with Crippen molar-refractivity contribution >= 4 is 17.5 Å². The molecule has 5 heteroatoms. The van der Waals surface area contributed by atoms with Gasteiger partial charge in [0.05, 0.1) is 13.2 Å². The molecule has 0 saturated heterocycles. The van der Waals surface area contributed by atoms with E-state index in [-0.39, 0.29) is 11.9 Å². The molecule has 0 radical (unpaired) electrons. The molecule has 0 atom stereocenters. The average Bonchev–Trinajstić information content (AvgIpc) is 2.37. The van der Waals surface area contributed by atoms with E-state index in [1.165, 1.54) is 18.2 Å².